The van der Waals surface area contributed by atoms with Crippen LogP contribution in [0.5, 0.6) is 5.75 Å². The van der Waals surface area contributed by atoms with Crippen molar-refractivity contribution in [3.8, 4) is 23.3 Å². The predicted octanol–water partition coefficient (Wildman–Crippen LogP) is 5.65. The Morgan fingerprint density at radius 3 is 2.55 bits per heavy atom. The first-order valence-electron chi connectivity index (χ1n) is 8.86. The third kappa shape index (κ3) is 4.60. The summed E-state index contributed by atoms with van der Waals surface area (Å²) < 4.78 is 16.8. The number of benzene rings is 2. The van der Waals surface area contributed by atoms with Gasteiger partial charge in [0, 0.05) is 10.6 Å². The van der Waals surface area contributed by atoms with Crippen LogP contribution in [-0.4, -0.2) is 4.98 Å². The lowest BCUT2D eigenvalue weighted by Crippen LogP contribution is -1.98. The summed E-state index contributed by atoms with van der Waals surface area (Å²) in [7, 11) is 0. The molecule has 0 unspecified atom stereocenters. The van der Waals surface area contributed by atoms with E-state index >= 15 is 0 Å². The van der Waals surface area contributed by atoms with Gasteiger partial charge in [0.05, 0.1) is 12.8 Å². The zero-order chi connectivity index (χ0) is 20.1. The summed E-state index contributed by atoms with van der Waals surface area (Å²) in [4.78, 5) is 4.26. The van der Waals surface area contributed by atoms with E-state index in [4.69, 9.17) is 25.2 Å². The maximum absolute atomic E-state index is 9.31. The van der Waals surface area contributed by atoms with Gasteiger partial charge >= 0.3 is 0 Å². The SMILES string of the molecule is N#Cc1nc(-c2ccc(OCc3ccc(Cl)cc3)cc2)oc1NCc1ccco1. The van der Waals surface area contributed by atoms with Gasteiger partial charge in [-0.1, -0.05) is 23.7 Å². The minimum Gasteiger partial charge on any atom is -0.489 e. The van der Waals surface area contributed by atoms with Gasteiger partial charge in [-0.2, -0.15) is 10.2 Å². The van der Waals surface area contributed by atoms with Crippen molar-refractivity contribution in [1.82, 2.24) is 4.98 Å². The molecule has 7 heteroatoms. The summed E-state index contributed by atoms with van der Waals surface area (Å²) in [6.07, 6.45) is 1.59. The molecule has 0 aliphatic heterocycles. The van der Waals surface area contributed by atoms with Gasteiger partial charge in [0.2, 0.25) is 17.5 Å². The number of anilines is 1. The highest BCUT2D eigenvalue weighted by Gasteiger charge is 2.15. The first-order chi connectivity index (χ1) is 14.2. The number of aromatic nitrogens is 1. The van der Waals surface area contributed by atoms with Crippen molar-refractivity contribution >= 4 is 17.5 Å². The highest BCUT2D eigenvalue weighted by molar-refractivity contribution is 6.30. The summed E-state index contributed by atoms with van der Waals surface area (Å²) in [5.41, 5.74) is 1.96. The summed E-state index contributed by atoms with van der Waals surface area (Å²) in [5, 5.41) is 13.0. The Kier molecular flexibility index (Phi) is 5.50. The quantitative estimate of drug-likeness (QED) is 0.427. The molecule has 0 amide bonds. The number of hydrogen-bond donors (Lipinski definition) is 1. The first-order valence-corrected chi connectivity index (χ1v) is 9.24. The van der Waals surface area contributed by atoms with Crippen molar-refractivity contribution in [3.05, 3.63) is 89.0 Å². The highest BCUT2D eigenvalue weighted by Crippen LogP contribution is 2.27. The van der Waals surface area contributed by atoms with Crippen LogP contribution in [0.4, 0.5) is 5.88 Å². The van der Waals surface area contributed by atoms with E-state index in [2.05, 4.69) is 10.3 Å². The van der Waals surface area contributed by atoms with Crippen LogP contribution in [0.15, 0.2) is 75.8 Å². The van der Waals surface area contributed by atoms with Crippen LogP contribution in [0.1, 0.15) is 17.0 Å². The third-order valence-electron chi connectivity index (χ3n) is 4.16. The number of nitrogens with one attached hydrogen (secondary N) is 1. The average Bonchev–Trinajstić information content (AvgIpc) is 3.42. The van der Waals surface area contributed by atoms with Gasteiger partial charge in [-0.15, -0.1) is 0 Å². The van der Waals surface area contributed by atoms with Crippen LogP contribution >= 0.6 is 11.6 Å². The molecular weight excluding hydrogens is 390 g/mol. The summed E-state index contributed by atoms with van der Waals surface area (Å²) in [5.74, 6) is 2.11. The molecule has 2 heterocycles. The van der Waals surface area contributed by atoms with Crippen LogP contribution in [0.25, 0.3) is 11.5 Å². The maximum Gasteiger partial charge on any atom is 0.232 e. The standard InChI is InChI=1S/C22H16ClN3O3/c23-17-7-3-15(4-8-17)14-28-18-9-5-16(6-10-18)21-26-20(12-24)22(29-21)25-13-19-2-1-11-27-19/h1-11,25H,13-14H2. The van der Waals surface area contributed by atoms with Crippen molar-refractivity contribution in [2.75, 3.05) is 5.32 Å². The van der Waals surface area contributed by atoms with Crippen molar-refractivity contribution in [3.63, 3.8) is 0 Å². The van der Waals surface area contributed by atoms with Crippen LogP contribution in [-0.2, 0) is 13.2 Å². The molecule has 144 valence electrons. The van der Waals surface area contributed by atoms with E-state index < -0.39 is 0 Å². The van der Waals surface area contributed by atoms with Crippen molar-refractivity contribution in [2.45, 2.75) is 13.2 Å². The monoisotopic (exact) mass is 405 g/mol. The van der Waals surface area contributed by atoms with Crippen LogP contribution < -0.4 is 10.1 Å². The van der Waals surface area contributed by atoms with Crippen molar-refractivity contribution in [2.24, 2.45) is 0 Å². The Bertz CT molecular complexity index is 1110. The van der Waals surface area contributed by atoms with Gasteiger partial charge in [0.25, 0.3) is 0 Å². The summed E-state index contributed by atoms with van der Waals surface area (Å²) >= 11 is 5.89. The van der Waals surface area contributed by atoms with Crippen molar-refractivity contribution in [1.29, 1.82) is 5.26 Å². The van der Waals surface area contributed by atoms with E-state index in [0.717, 1.165) is 16.9 Å². The van der Waals surface area contributed by atoms with Gasteiger partial charge in [0.1, 0.15) is 24.2 Å². The largest absolute Gasteiger partial charge is 0.489 e. The number of furan rings is 1. The molecule has 1 N–H and O–H groups in total. The van der Waals surface area contributed by atoms with Gasteiger partial charge < -0.3 is 18.9 Å². The minimum absolute atomic E-state index is 0.189. The summed E-state index contributed by atoms with van der Waals surface area (Å²) in [6, 6.07) is 20.5. The smallest absolute Gasteiger partial charge is 0.232 e. The average molecular weight is 406 g/mol. The molecule has 0 aliphatic carbocycles. The zero-order valence-electron chi connectivity index (χ0n) is 15.3. The van der Waals surface area contributed by atoms with Gasteiger partial charge in [-0.3, -0.25) is 0 Å². The molecule has 0 fully saturated rings. The highest BCUT2D eigenvalue weighted by atomic mass is 35.5. The molecule has 4 rings (SSSR count). The fourth-order valence-corrected chi connectivity index (χ4v) is 2.79. The fourth-order valence-electron chi connectivity index (χ4n) is 2.66. The lowest BCUT2D eigenvalue weighted by molar-refractivity contribution is 0.306. The molecule has 2 aromatic heterocycles. The number of halogens is 1. The van der Waals surface area contributed by atoms with E-state index in [9.17, 15) is 5.26 Å². The Balaban J connectivity index is 1.43. The molecule has 0 saturated carbocycles. The Labute approximate surface area is 172 Å². The van der Waals surface area contributed by atoms with Gasteiger partial charge in [-0.05, 0) is 54.1 Å². The number of nitriles is 1. The Morgan fingerprint density at radius 2 is 1.86 bits per heavy atom. The molecule has 0 saturated heterocycles. The Morgan fingerprint density at radius 1 is 1.07 bits per heavy atom. The van der Waals surface area contributed by atoms with E-state index in [0.29, 0.717) is 35.7 Å². The third-order valence-corrected chi connectivity index (χ3v) is 4.41. The molecule has 0 radical (unpaired) electrons. The molecule has 0 atom stereocenters. The second-order valence-corrected chi connectivity index (χ2v) is 6.62. The lowest BCUT2D eigenvalue weighted by atomic mass is 10.2. The maximum atomic E-state index is 9.31. The number of rotatable bonds is 7. The van der Waals surface area contributed by atoms with Crippen LogP contribution in [0.2, 0.25) is 5.02 Å². The van der Waals surface area contributed by atoms with Crippen molar-refractivity contribution < 1.29 is 13.6 Å². The number of hydrogen-bond acceptors (Lipinski definition) is 6. The normalized spacial score (nSPS) is 10.5. The van der Waals surface area contributed by atoms with E-state index in [1.165, 1.54) is 0 Å². The van der Waals surface area contributed by atoms with E-state index in [-0.39, 0.29) is 5.69 Å². The topological polar surface area (TPSA) is 84.2 Å². The molecule has 29 heavy (non-hydrogen) atoms. The van der Waals surface area contributed by atoms with Crippen LogP contribution in [0, 0.1) is 11.3 Å². The zero-order valence-corrected chi connectivity index (χ0v) is 16.0. The van der Waals surface area contributed by atoms with E-state index in [1.807, 2.05) is 60.7 Å². The van der Waals surface area contributed by atoms with Gasteiger partial charge in [-0.25, -0.2) is 0 Å². The molecule has 0 aliphatic rings. The molecule has 0 spiro atoms. The molecule has 2 aromatic carbocycles. The van der Waals surface area contributed by atoms with Crippen LogP contribution in [0.3, 0.4) is 0 Å². The van der Waals surface area contributed by atoms with Gasteiger partial charge in [0.15, 0.2) is 0 Å². The second-order valence-electron chi connectivity index (χ2n) is 6.18. The number of oxazole rings is 1. The molecule has 6 nitrogen and oxygen atoms in total. The predicted molar refractivity (Wildman–Crippen MR) is 108 cm³/mol. The molecular formula is C22H16ClN3O3. The number of ether oxygens (including phenoxy) is 1. The minimum atomic E-state index is 0.189. The Hall–Kier alpha value is -3.69. The first kappa shape index (κ1) is 18.7. The summed E-state index contributed by atoms with van der Waals surface area (Å²) in [6.45, 7) is 0.836. The molecule has 0 bridgehead atoms. The van der Waals surface area contributed by atoms with E-state index in [1.54, 1.807) is 12.3 Å². The lowest BCUT2D eigenvalue weighted by Gasteiger charge is -2.06. The molecule has 4 aromatic rings. The number of nitrogens with zero attached hydrogens (tertiary/aromatic N) is 2. The second kappa shape index (κ2) is 8.55. The fraction of sp³-hybridized carbons (Fsp3) is 0.0909.